The van der Waals surface area contributed by atoms with Gasteiger partial charge in [0.15, 0.2) is 0 Å². The van der Waals surface area contributed by atoms with E-state index in [1.165, 1.54) is 5.56 Å². The summed E-state index contributed by atoms with van der Waals surface area (Å²) in [7, 11) is 0. The first-order valence-corrected chi connectivity index (χ1v) is 6.55. The van der Waals surface area contributed by atoms with Crippen molar-refractivity contribution in [2.45, 2.75) is 13.5 Å². The van der Waals surface area contributed by atoms with Gasteiger partial charge in [0.05, 0.1) is 0 Å². The summed E-state index contributed by atoms with van der Waals surface area (Å²) < 4.78 is 0. The van der Waals surface area contributed by atoms with Crippen LogP contribution in [0.3, 0.4) is 0 Å². The molecule has 1 aromatic rings. The lowest BCUT2D eigenvalue weighted by Crippen LogP contribution is -2.45. The molecule has 0 unspecified atom stereocenters. The van der Waals surface area contributed by atoms with Crippen LogP contribution in [0.5, 0.6) is 0 Å². The lowest BCUT2D eigenvalue weighted by Gasteiger charge is -2.34. The van der Waals surface area contributed by atoms with Crippen molar-refractivity contribution in [1.82, 2.24) is 9.80 Å². The molecule has 0 bridgehead atoms. The molecule has 4 heteroatoms. The third-order valence-corrected chi connectivity index (χ3v) is 3.65. The molecule has 1 heterocycles. The molecule has 1 saturated heterocycles. The maximum atomic E-state index is 5.97. The van der Waals surface area contributed by atoms with Crippen molar-refractivity contribution >= 4 is 17.3 Å². The second kappa shape index (κ2) is 5.71. The summed E-state index contributed by atoms with van der Waals surface area (Å²) in [6.45, 7) is 8.85. The van der Waals surface area contributed by atoms with Gasteiger partial charge < -0.3 is 10.6 Å². The van der Waals surface area contributed by atoms with Crippen molar-refractivity contribution in [3.8, 4) is 0 Å². The molecule has 0 atom stereocenters. The highest BCUT2D eigenvalue weighted by Crippen LogP contribution is 2.20. The molecule has 1 aliphatic rings. The first-order chi connectivity index (χ1) is 8.19. The minimum Gasteiger partial charge on any atom is -0.398 e. The Morgan fingerprint density at radius 1 is 1.18 bits per heavy atom. The van der Waals surface area contributed by atoms with Crippen LogP contribution in [0.25, 0.3) is 0 Å². The fourth-order valence-corrected chi connectivity index (χ4v) is 2.39. The van der Waals surface area contributed by atoms with Crippen LogP contribution >= 0.6 is 11.6 Å². The average Bonchev–Trinajstić information content (AvgIpc) is 2.34. The fraction of sp³-hybridized carbons (Fsp3) is 0.538. The number of rotatable bonds is 3. The molecule has 17 heavy (non-hydrogen) atoms. The maximum Gasteiger partial charge on any atom is 0.0426 e. The van der Waals surface area contributed by atoms with Crippen LogP contribution < -0.4 is 5.73 Å². The lowest BCUT2D eigenvalue weighted by molar-refractivity contribution is 0.132. The predicted octanol–water partition coefficient (Wildman–Crippen LogP) is 2.06. The summed E-state index contributed by atoms with van der Waals surface area (Å²) in [4.78, 5) is 4.92. The van der Waals surface area contributed by atoms with Gasteiger partial charge in [-0.2, -0.15) is 0 Å². The Morgan fingerprint density at radius 3 is 2.41 bits per heavy atom. The number of nitrogens with two attached hydrogens (primary N) is 1. The first-order valence-electron chi connectivity index (χ1n) is 6.17. The Balaban J connectivity index is 1.93. The highest BCUT2D eigenvalue weighted by Gasteiger charge is 2.16. The second-order valence-corrected chi connectivity index (χ2v) is 4.99. The van der Waals surface area contributed by atoms with Gasteiger partial charge in [-0.05, 0) is 24.2 Å². The molecule has 94 valence electrons. The molecule has 0 amide bonds. The third-order valence-electron chi connectivity index (χ3n) is 3.41. The monoisotopic (exact) mass is 253 g/mol. The topological polar surface area (TPSA) is 32.5 Å². The fourth-order valence-electron chi connectivity index (χ4n) is 2.21. The van der Waals surface area contributed by atoms with E-state index in [2.05, 4.69) is 16.7 Å². The van der Waals surface area contributed by atoms with Gasteiger partial charge in [0.1, 0.15) is 0 Å². The van der Waals surface area contributed by atoms with Crippen molar-refractivity contribution in [1.29, 1.82) is 0 Å². The van der Waals surface area contributed by atoms with E-state index in [-0.39, 0.29) is 0 Å². The largest absolute Gasteiger partial charge is 0.398 e. The van der Waals surface area contributed by atoms with Crippen molar-refractivity contribution in [3.05, 3.63) is 28.8 Å². The molecular weight excluding hydrogens is 234 g/mol. The number of anilines is 1. The van der Waals surface area contributed by atoms with Gasteiger partial charge in [-0.25, -0.2) is 0 Å². The zero-order valence-corrected chi connectivity index (χ0v) is 11.1. The predicted molar refractivity (Wildman–Crippen MR) is 73.3 cm³/mol. The molecule has 3 nitrogen and oxygen atoms in total. The standard InChI is InChI=1S/C13H20ClN3/c1-2-16-5-7-17(8-6-16)10-11-3-4-12(14)9-13(11)15/h3-4,9H,2,5-8,10,15H2,1H3. The molecule has 1 aromatic carbocycles. The van der Waals surface area contributed by atoms with E-state index in [0.29, 0.717) is 5.02 Å². The Labute approximate surface area is 108 Å². The molecule has 2 N–H and O–H groups in total. The van der Waals surface area contributed by atoms with E-state index in [9.17, 15) is 0 Å². The van der Waals surface area contributed by atoms with Crippen LogP contribution in [-0.4, -0.2) is 42.5 Å². The van der Waals surface area contributed by atoms with Crippen LogP contribution in [0, 0.1) is 0 Å². The van der Waals surface area contributed by atoms with Crippen molar-refractivity contribution in [2.24, 2.45) is 0 Å². The molecule has 2 rings (SSSR count). The second-order valence-electron chi connectivity index (χ2n) is 4.55. The van der Waals surface area contributed by atoms with E-state index in [1.54, 1.807) is 0 Å². The quantitative estimate of drug-likeness (QED) is 0.837. The van der Waals surface area contributed by atoms with Gasteiger partial charge in [-0.3, -0.25) is 4.90 Å². The average molecular weight is 254 g/mol. The number of nitrogen functional groups attached to an aromatic ring is 1. The van der Waals surface area contributed by atoms with Crippen LogP contribution in [-0.2, 0) is 6.54 Å². The van der Waals surface area contributed by atoms with Crippen molar-refractivity contribution < 1.29 is 0 Å². The normalized spacial score (nSPS) is 18.5. The summed E-state index contributed by atoms with van der Waals surface area (Å²) in [5.74, 6) is 0. The van der Waals surface area contributed by atoms with Crippen LogP contribution in [0.2, 0.25) is 5.02 Å². The molecule has 0 spiro atoms. The SMILES string of the molecule is CCN1CCN(Cc2ccc(Cl)cc2N)CC1. The minimum atomic E-state index is 0.710. The summed E-state index contributed by atoms with van der Waals surface area (Å²) in [5, 5.41) is 0.710. The molecule has 0 aliphatic carbocycles. The number of hydrogen-bond acceptors (Lipinski definition) is 3. The number of halogens is 1. The summed E-state index contributed by atoms with van der Waals surface area (Å²) in [5.41, 5.74) is 7.95. The minimum absolute atomic E-state index is 0.710. The van der Waals surface area contributed by atoms with E-state index in [4.69, 9.17) is 17.3 Å². The van der Waals surface area contributed by atoms with Crippen LogP contribution in [0.1, 0.15) is 12.5 Å². The van der Waals surface area contributed by atoms with Crippen molar-refractivity contribution in [3.63, 3.8) is 0 Å². The van der Waals surface area contributed by atoms with E-state index < -0.39 is 0 Å². The smallest absolute Gasteiger partial charge is 0.0426 e. The van der Waals surface area contributed by atoms with E-state index in [1.807, 2.05) is 18.2 Å². The molecule has 0 aromatic heterocycles. The zero-order valence-electron chi connectivity index (χ0n) is 10.3. The maximum absolute atomic E-state index is 5.97. The Kier molecular flexibility index (Phi) is 4.26. The molecule has 0 saturated carbocycles. The number of hydrogen-bond donors (Lipinski definition) is 1. The summed E-state index contributed by atoms with van der Waals surface area (Å²) in [6, 6.07) is 5.78. The molecular formula is C13H20ClN3. The number of likely N-dealkylation sites (N-methyl/N-ethyl adjacent to an activating group) is 1. The Bertz CT molecular complexity index is 373. The number of benzene rings is 1. The Morgan fingerprint density at radius 2 is 1.82 bits per heavy atom. The molecule has 1 fully saturated rings. The van der Waals surface area contributed by atoms with Gasteiger partial charge >= 0.3 is 0 Å². The van der Waals surface area contributed by atoms with Crippen LogP contribution in [0.4, 0.5) is 5.69 Å². The van der Waals surface area contributed by atoms with Gasteiger partial charge in [0.2, 0.25) is 0 Å². The van der Waals surface area contributed by atoms with Crippen LogP contribution in [0.15, 0.2) is 18.2 Å². The zero-order chi connectivity index (χ0) is 12.3. The van der Waals surface area contributed by atoms with Gasteiger partial charge in [-0.15, -0.1) is 0 Å². The van der Waals surface area contributed by atoms with Gasteiger partial charge in [0.25, 0.3) is 0 Å². The first kappa shape index (κ1) is 12.7. The number of nitrogens with zero attached hydrogens (tertiary/aromatic N) is 2. The third kappa shape index (κ3) is 3.35. The van der Waals surface area contributed by atoms with Gasteiger partial charge in [-0.1, -0.05) is 24.6 Å². The summed E-state index contributed by atoms with van der Waals surface area (Å²) in [6.07, 6.45) is 0. The lowest BCUT2D eigenvalue weighted by atomic mass is 10.1. The molecule has 1 aliphatic heterocycles. The summed E-state index contributed by atoms with van der Waals surface area (Å²) >= 11 is 5.90. The van der Waals surface area contributed by atoms with E-state index >= 15 is 0 Å². The van der Waals surface area contributed by atoms with E-state index in [0.717, 1.165) is 45.0 Å². The highest BCUT2D eigenvalue weighted by atomic mass is 35.5. The number of piperazine rings is 1. The van der Waals surface area contributed by atoms with Crippen molar-refractivity contribution in [2.75, 3.05) is 38.5 Å². The highest BCUT2D eigenvalue weighted by molar-refractivity contribution is 6.30. The molecule has 0 radical (unpaired) electrons. The Hall–Kier alpha value is -0.770. The van der Waals surface area contributed by atoms with Gasteiger partial charge in [0, 0.05) is 43.4 Å².